The molecule has 1 aromatic rings. The second-order valence-electron chi connectivity index (χ2n) is 4.87. The Labute approximate surface area is 107 Å². The molecular weight excluding hydrogens is 228 g/mol. The zero-order chi connectivity index (χ0) is 13.0. The van der Waals surface area contributed by atoms with Crippen LogP contribution in [0.5, 0.6) is 0 Å². The molecule has 0 saturated heterocycles. The molecule has 1 fully saturated rings. The lowest BCUT2D eigenvalue weighted by molar-refractivity contribution is -0.123. The zero-order valence-corrected chi connectivity index (χ0v) is 10.6. The highest BCUT2D eigenvalue weighted by molar-refractivity contribution is 5.94. The normalized spacial score (nSPS) is 17.4. The molecule has 3 N–H and O–H groups in total. The monoisotopic (exact) mass is 248 g/mol. The molecule has 0 heterocycles. The van der Waals surface area contributed by atoms with E-state index in [9.17, 15) is 4.79 Å². The van der Waals surface area contributed by atoms with Gasteiger partial charge in [0.25, 0.3) is 5.91 Å². The number of amides is 1. The third-order valence-corrected chi connectivity index (χ3v) is 3.24. The number of hydrogen-bond donors (Lipinski definition) is 3. The number of aliphatic hydroxyl groups is 1. The van der Waals surface area contributed by atoms with E-state index in [1.165, 1.54) is 32.6 Å². The molecule has 1 saturated carbocycles. The summed E-state index contributed by atoms with van der Waals surface area (Å²) >= 11 is 0. The highest BCUT2D eigenvalue weighted by atomic mass is 16.3. The van der Waals surface area contributed by atoms with Crippen molar-refractivity contribution in [1.29, 1.82) is 0 Å². The summed E-state index contributed by atoms with van der Waals surface area (Å²) in [5, 5.41) is 15.3. The van der Waals surface area contributed by atoms with E-state index >= 15 is 0 Å². The first-order chi connectivity index (χ1) is 8.65. The molecule has 98 valence electrons. The van der Waals surface area contributed by atoms with E-state index < -0.39 is 6.10 Å². The van der Waals surface area contributed by atoms with E-state index in [-0.39, 0.29) is 5.91 Å². The van der Waals surface area contributed by atoms with Gasteiger partial charge in [-0.1, -0.05) is 18.9 Å². The molecule has 0 aromatic heterocycles. The van der Waals surface area contributed by atoms with Crippen LogP contribution in [0, 0.1) is 0 Å². The Balaban J connectivity index is 1.98. The third-order valence-electron chi connectivity index (χ3n) is 3.24. The molecular formula is C14H20N2O2. The molecule has 1 aromatic carbocycles. The van der Waals surface area contributed by atoms with Gasteiger partial charge < -0.3 is 15.7 Å². The van der Waals surface area contributed by atoms with Crippen molar-refractivity contribution in [3.63, 3.8) is 0 Å². The van der Waals surface area contributed by atoms with Gasteiger partial charge >= 0.3 is 0 Å². The van der Waals surface area contributed by atoms with Crippen molar-refractivity contribution in [3.8, 4) is 0 Å². The number of nitrogens with one attached hydrogen (secondary N) is 2. The van der Waals surface area contributed by atoms with E-state index in [0.717, 1.165) is 5.69 Å². The van der Waals surface area contributed by atoms with Gasteiger partial charge in [0, 0.05) is 17.4 Å². The van der Waals surface area contributed by atoms with Crippen LogP contribution in [-0.4, -0.2) is 23.2 Å². The number of carbonyl (C=O) groups excluding carboxylic acids is 1. The van der Waals surface area contributed by atoms with Gasteiger partial charge in [-0.3, -0.25) is 4.79 Å². The molecule has 1 aliphatic rings. The van der Waals surface area contributed by atoms with Crippen LogP contribution in [0.1, 0.15) is 32.6 Å². The second kappa shape index (κ2) is 5.87. The summed E-state index contributed by atoms with van der Waals surface area (Å²) in [4.78, 5) is 11.4. The van der Waals surface area contributed by atoms with Crippen molar-refractivity contribution in [1.82, 2.24) is 0 Å². The molecule has 1 atom stereocenters. The number of benzene rings is 1. The van der Waals surface area contributed by atoms with Gasteiger partial charge in [0.2, 0.25) is 0 Å². The smallest absolute Gasteiger partial charge is 0.252 e. The van der Waals surface area contributed by atoms with E-state index in [1.807, 2.05) is 24.3 Å². The maximum atomic E-state index is 11.4. The van der Waals surface area contributed by atoms with Crippen LogP contribution >= 0.6 is 0 Å². The summed E-state index contributed by atoms with van der Waals surface area (Å²) < 4.78 is 0. The van der Waals surface area contributed by atoms with Crippen molar-refractivity contribution in [2.75, 3.05) is 10.6 Å². The first-order valence-corrected chi connectivity index (χ1v) is 6.50. The maximum absolute atomic E-state index is 11.4. The van der Waals surface area contributed by atoms with Crippen molar-refractivity contribution in [3.05, 3.63) is 24.3 Å². The SMILES string of the molecule is C[C@H](O)C(=O)Nc1cccc(NC2CCCC2)c1. The zero-order valence-electron chi connectivity index (χ0n) is 10.6. The van der Waals surface area contributed by atoms with Crippen LogP contribution in [0.25, 0.3) is 0 Å². The van der Waals surface area contributed by atoms with Crippen molar-refractivity contribution < 1.29 is 9.90 Å². The molecule has 1 aliphatic carbocycles. The fourth-order valence-corrected chi connectivity index (χ4v) is 2.24. The Bertz CT molecular complexity index is 412. The minimum absolute atomic E-state index is 0.381. The summed E-state index contributed by atoms with van der Waals surface area (Å²) in [5.41, 5.74) is 1.73. The molecule has 0 unspecified atom stereocenters. The minimum Gasteiger partial charge on any atom is -0.384 e. The first kappa shape index (κ1) is 12.9. The number of rotatable bonds is 4. The summed E-state index contributed by atoms with van der Waals surface area (Å²) in [6, 6.07) is 8.16. The Morgan fingerprint density at radius 1 is 1.33 bits per heavy atom. The molecule has 4 nitrogen and oxygen atoms in total. The fraction of sp³-hybridized carbons (Fsp3) is 0.500. The topological polar surface area (TPSA) is 61.4 Å². The van der Waals surface area contributed by atoms with E-state index in [1.54, 1.807) is 0 Å². The summed E-state index contributed by atoms with van der Waals surface area (Å²) in [7, 11) is 0. The van der Waals surface area contributed by atoms with E-state index in [0.29, 0.717) is 11.7 Å². The van der Waals surface area contributed by atoms with Crippen LogP contribution < -0.4 is 10.6 Å². The van der Waals surface area contributed by atoms with Gasteiger partial charge in [0.05, 0.1) is 0 Å². The predicted molar refractivity (Wildman–Crippen MR) is 72.6 cm³/mol. The fourth-order valence-electron chi connectivity index (χ4n) is 2.24. The van der Waals surface area contributed by atoms with Gasteiger partial charge in [-0.15, -0.1) is 0 Å². The molecule has 1 amide bonds. The van der Waals surface area contributed by atoms with Crippen molar-refractivity contribution >= 4 is 17.3 Å². The average Bonchev–Trinajstić information content (AvgIpc) is 2.82. The Kier molecular flexibility index (Phi) is 4.20. The summed E-state index contributed by atoms with van der Waals surface area (Å²) in [5.74, 6) is -0.381. The van der Waals surface area contributed by atoms with Crippen LogP contribution in [0.15, 0.2) is 24.3 Å². The second-order valence-corrected chi connectivity index (χ2v) is 4.87. The standard InChI is InChI=1S/C14H20N2O2/c1-10(17)14(18)16-13-8-4-7-12(9-13)15-11-5-2-3-6-11/h4,7-11,15,17H,2-3,5-6H2,1H3,(H,16,18)/t10-/m0/s1. The lowest BCUT2D eigenvalue weighted by atomic mass is 10.2. The highest BCUT2D eigenvalue weighted by Crippen LogP contribution is 2.23. The molecule has 0 aliphatic heterocycles. The van der Waals surface area contributed by atoms with E-state index in [2.05, 4.69) is 10.6 Å². The molecule has 0 radical (unpaired) electrons. The molecule has 0 bridgehead atoms. The van der Waals surface area contributed by atoms with Gasteiger partial charge in [-0.25, -0.2) is 0 Å². The molecule has 18 heavy (non-hydrogen) atoms. The van der Waals surface area contributed by atoms with Crippen LogP contribution in [0.2, 0.25) is 0 Å². The third kappa shape index (κ3) is 3.47. The minimum atomic E-state index is -0.989. The van der Waals surface area contributed by atoms with Gasteiger partial charge in [-0.2, -0.15) is 0 Å². The van der Waals surface area contributed by atoms with Crippen LogP contribution in [0.4, 0.5) is 11.4 Å². The Morgan fingerprint density at radius 3 is 2.67 bits per heavy atom. The van der Waals surface area contributed by atoms with Crippen LogP contribution in [0.3, 0.4) is 0 Å². The quantitative estimate of drug-likeness (QED) is 0.766. The van der Waals surface area contributed by atoms with E-state index in [4.69, 9.17) is 5.11 Å². The first-order valence-electron chi connectivity index (χ1n) is 6.50. The van der Waals surface area contributed by atoms with Crippen molar-refractivity contribution in [2.24, 2.45) is 0 Å². The van der Waals surface area contributed by atoms with Crippen molar-refractivity contribution in [2.45, 2.75) is 44.8 Å². The predicted octanol–water partition coefficient (Wildman–Crippen LogP) is 2.36. The number of hydrogen-bond acceptors (Lipinski definition) is 3. The Morgan fingerprint density at radius 2 is 2.00 bits per heavy atom. The van der Waals surface area contributed by atoms with Gasteiger partial charge in [-0.05, 0) is 38.0 Å². The maximum Gasteiger partial charge on any atom is 0.252 e. The number of aliphatic hydroxyl groups excluding tert-OH is 1. The lowest BCUT2D eigenvalue weighted by Crippen LogP contribution is -2.24. The van der Waals surface area contributed by atoms with Gasteiger partial charge in [0.1, 0.15) is 6.10 Å². The summed E-state index contributed by atoms with van der Waals surface area (Å²) in [6.07, 6.45) is 4.01. The largest absolute Gasteiger partial charge is 0.384 e. The number of anilines is 2. The average molecular weight is 248 g/mol. The molecule has 4 heteroatoms. The number of carbonyl (C=O) groups is 1. The van der Waals surface area contributed by atoms with Gasteiger partial charge in [0.15, 0.2) is 0 Å². The molecule has 0 spiro atoms. The Hall–Kier alpha value is -1.55. The van der Waals surface area contributed by atoms with Crippen LogP contribution in [-0.2, 0) is 4.79 Å². The highest BCUT2D eigenvalue weighted by Gasteiger charge is 2.14. The molecule has 2 rings (SSSR count). The lowest BCUT2D eigenvalue weighted by Gasteiger charge is -2.15. The summed E-state index contributed by atoms with van der Waals surface area (Å²) in [6.45, 7) is 1.45.